The van der Waals surface area contributed by atoms with Gasteiger partial charge in [0.1, 0.15) is 6.54 Å². The van der Waals surface area contributed by atoms with Gasteiger partial charge in [-0.25, -0.2) is 4.79 Å². The summed E-state index contributed by atoms with van der Waals surface area (Å²) >= 11 is 0. The molecule has 2 aromatic rings. The van der Waals surface area contributed by atoms with Crippen molar-refractivity contribution >= 4 is 29.2 Å². The van der Waals surface area contributed by atoms with Crippen LogP contribution in [-0.2, 0) is 4.79 Å². The van der Waals surface area contributed by atoms with Crippen molar-refractivity contribution in [3.05, 3.63) is 68.8 Å². The highest BCUT2D eigenvalue weighted by molar-refractivity contribution is 6.01. The number of nitro benzene ring substituents is 1. The van der Waals surface area contributed by atoms with Crippen LogP contribution >= 0.6 is 0 Å². The topological polar surface area (TPSA) is 130 Å². The number of hydrogen-bond acceptors (Lipinski definition) is 5. The van der Waals surface area contributed by atoms with Crippen molar-refractivity contribution in [3.63, 3.8) is 0 Å². The van der Waals surface area contributed by atoms with Crippen LogP contribution in [0.3, 0.4) is 0 Å². The third-order valence-electron chi connectivity index (χ3n) is 4.37. The number of carboxylic acid groups (broad SMARTS) is 1. The van der Waals surface area contributed by atoms with E-state index < -0.39 is 28.4 Å². The number of benzene rings is 2. The van der Waals surface area contributed by atoms with Crippen molar-refractivity contribution in [2.75, 3.05) is 18.4 Å². The van der Waals surface area contributed by atoms with Crippen LogP contribution < -0.4 is 5.32 Å². The molecule has 0 atom stereocenters. The zero-order chi connectivity index (χ0) is 21.7. The number of aromatic carboxylic acids is 1. The second kappa shape index (κ2) is 8.96. The maximum absolute atomic E-state index is 12.8. The molecule has 2 aromatic carbocycles. The van der Waals surface area contributed by atoms with Crippen LogP contribution in [0.15, 0.2) is 36.4 Å². The summed E-state index contributed by atoms with van der Waals surface area (Å²) in [6, 6.07) is 8.50. The van der Waals surface area contributed by atoms with Gasteiger partial charge in [-0.05, 0) is 38.0 Å². The molecule has 29 heavy (non-hydrogen) atoms. The normalized spacial score (nSPS) is 10.3. The van der Waals surface area contributed by atoms with Gasteiger partial charge in [-0.3, -0.25) is 19.7 Å². The van der Waals surface area contributed by atoms with Gasteiger partial charge in [0.2, 0.25) is 5.91 Å². The smallest absolute Gasteiger partial charge is 0.335 e. The number of carbonyl (C=O) groups is 3. The minimum Gasteiger partial charge on any atom is -0.478 e. The number of aryl methyl sites for hydroxylation is 2. The summed E-state index contributed by atoms with van der Waals surface area (Å²) in [4.78, 5) is 47.9. The minimum absolute atomic E-state index is 0.157. The predicted molar refractivity (Wildman–Crippen MR) is 106 cm³/mol. The zero-order valence-corrected chi connectivity index (χ0v) is 16.3. The highest BCUT2D eigenvalue weighted by Crippen LogP contribution is 2.21. The van der Waals surface area contributed by atoms with Crippen molar-refractivity contribution in [2.45, 2.75) is 20.8 Å². The summed E-state index contributed by atoms with van der Waals surface area (Å²) < 4.78 is 0. The third-order valence-corrected chi connectivity index (χ3v) is 4.37. The number of non-ortho nitro benzene ring substituents is 1. The van der Waals surface area contributed by atoms with E-state index in [4.69, 9.17) is 5.11 Å². The number of carbonyl (C=O) groups excluding carboxylic acids is 2. The van der Waals surface area contributed by atoms with Gasteiger partial charge in [-0.15, -0.1) is 0 Å². The lowest BCUT2D eigenvalue weighted by Crippen LogP contribution is -2.38. The van der Waals surface area contributed by atoms with Crippen molar-refractivity contribution in [3.8, 4) is 0 Å². The number of amides is 2. The van der Waals surface area contributed by atoms with Gasteiger partial charge in [-0.2, -0.15) is 0 Å². The molecule has 0 aliphatic rings. The van der Waals surface area contributed by atoms with E-state index in [0.717, 1.165) is 29.3 Å². The van der Waals surface area contributed by atoms with E-state index >= 15 is 0 Å². The first-order chi connectivity index (χ1) is 13.6. The maximum Gasteiger partial charge on any atom is 0.335 e. The fraction of sp³-hybridized carbons (Fsp3) is 0.250. The molecule has 0 saturated carbocycles. The molecule has 0 aliphatic carbocycles. The summed E-state index contributed by atoms with van der Waals surface area (Å²) in [5.74, 6) is -2.49. The summed E-state index contributed by atoms with van der Waals surface area (Å²) in [5, 5.41) is 23.0. The molecule has 0 bridgehead atoms. The van der Waals surface area contributed by atoms with Gasteiger partial charge >= 0.3 is 5.97 Å². The minimum atomic E-state index is -1.39. The Kier molecular flexibility index (Phi) is 6.66. The van der Waals surface area contributed by atoms with Crippen molar-refractivity contribution < 1.29 is 24.4 Å². The number of rotatable bonds is 7. The van der Waals surface area contributed by atoms with E-state index in [1.54, 1.807) is 6.92 Å². The Labute approximate surface area is 167 Å². The Bertz CT molecular complexity index is 934. The molecule has 0 radical (unpaired) electrons. The number of hydrogen-bond donors (Lipinski definition) is 2. The number of nitro groups is 1. The lowest BCUT2D eigenvalue weighted by atomic mass is 10.1. The molecule has 2 amide bonds. The summed E-state index contributed by atoms with van der Waals surface area (Å²) in [5.41, 5.74) is 1.35. The summed E-state index contributed by atoms with van der Waals surface area (Å²) in [6.45, 7) is 5.22. The van der Waals surface area contributed by atoms with Crippen molar-refractivity contribution in [1.29, 1.82) is 0 Å². The summed E-state index contributed by atoms with van der Waals surface area (Å²) in [6.07, 6.45) is 0. The zero-order valence-electron chi connectivity index (χ0n) is 16.3. The quantitative estimate of drug-likeness (QED) is 0.544. The first-order valence-corrected chi connectivity index (χ1v) is 8.82. The second-order valence-corrected chi connectivity index (χ2v) is 6.47. The Balaban J connectivity index is 2.25. The first kappa shape index (κ1) is 21.5. The highest BCUT2D eigenvalue weighted by atomic mass is 16.6. The first-order valence-electron chi connectivity index (χ1n) is 8.82. The van der Waals surface area contributed by atoms with Crippen LogP contribution in [0.2, 0.25) is 0 Å². The molecule has 0 aliphatic heterocycles. The maximum atomic E-state index is 12.8. The molecule has 9 nitrogen and oxygen atoms in total. The van der Waals surface area contributed by atoms with Gasteiger partial charge in [0.05, 0.1) is 10.5 Å². The van der Waals surface area contributed by atoms with Crippen molar-refractivity contribution in [1.82, 2.24) is 4.90 Å². The van der Waals surface area contributed by atoms with E-state index in [9.17, 15) is 24.5 Å². The Morgan fingerprint density at radius 3 is 2.21 bits per heavy atom. The standard InChI is InChI=1S/C20H21N3O6/c1-4-22(11-17(24)21-18-12(2)6-5-7-13(18)3)19(25)14-8-15(20(26)27)10-16(9-14)23(28)29/h5-10H,4,11H2,1-3H3,(H,21,24)(H,26,27). The SMILES string of the molecule is CCN(CC(=O)Nc1c(C)cccc1C)C(=O)c1cc(C(=O)O)cc([N+](=O)[O-])c1. The van der Waals surface area contributed by atoms with Crippen LogP contribution in [0.25, 0.3) is 0 Å². The Morgan fingerprint density at radius 2 is 1.69 bits per heavy atom. The Morgan fingerprint density at radius 1 is 1.10 bits per heavy atom. The molecular formula is C20H21N3O6. The number of nitrogens with zero attached hydrogens (tertiary/aromatic N) is 2. The fourth-order valence-corrected chi connectivity index (χ4v) is 2.84. The van der Waals surface area contributed by atoms with Crippen molar-refractivity contribution in [2.24, 2.45) is 0 Å². The summed E-state index contributed by atoms with van der Waals surface area (Å²) in [7, 11) is 0. The lowest BCUT2D eigenvalue weighted by molar-refractivity contribution is -0.384. The molecule has 9 heteroatoms. The largest absolute Gasteiger partial charge is 0.478 e. The molecule has 0 saturated heterocycles. The number of likely N-dealkylation sites (N-methyl/N-ethyl adjacent to an activating group) is 1. The molecule has 2 rings (SSSR count). The number of nitrogens with one attached hydrogen (secondary N) is 1. The monoisotopic (exact) mass is 399 g/mol. The highest BCUT2D eigenvalue weighted by Gasteiger charge is 2.22. The van der Waals surface area contributed by atoms with Crippen LogP contribution in [-0.4, -0.2) is 45.8 Å². The molecule has 0 heterocycles. The van der Waals surface area contributed by atoms with Gasteiger partial charge in [0.15, 0.2) is 0 Å². The van der Waals surface area contributed by atoms with Crippen LogP contribution in [0, 0.1) is 24.0 Å². The number of para-hydroxylation sites is 1. The van der Waals surface area contributed by atoms with Gasteiger partial charge in [0, 0.05) is 29.9 Å². The van der Waals surface area contributed by atoms with E-state index in [-0.39, 0.29) is 24.2 Å². The van der Waals surface area contributed by atoms with Crippen LogP contribution in [0.1, 0.15) is 38.8 Å². The van der Waals surface area contributed by atoms with E-state index in [0.29, 0.717) is 5.69 Å². The molecule has 2 N–H and O–H groups in total. The van der Waals surface area contributed by atoms with Gasteiger partial charge in [0.25, 0.3) is 11.6 Å². The molecule has 0 spiro atoms. The Hall–Kier alpha value is -3.75. The predicted octanol–water partition coefficient (Wildman–Crippen LogP) is 3.01. The molecule has 152 valence electrons. The third kappa shape index (κ3) is 5.16. The van der Waals surface area contributed by atoms with Crippen LogP contribution in [0.5, 0.6) is 0 Å². The van der Waals surface area contributed by atoms with Gasteiger partial charge in [-0.1, -0.05) is 18.2 Å². The van der Waals surface area contributed by atoms with E-state index in [1.807, 2.05) is 32.0 Å². The van der Waals surface area contributed by atoms with Crippen LogP contribution in [0.4, 0.5) is 11.4 Å². The number of carboxylic acids is 1. The average Bonchev–Trinajstić information content (AvgIpc) is 2.68. The van der Waals surface area contributed by atoms with Gasteiger partial charge < -0.3 is 15.3 Å². The molecular weight excluding hydrogens is 378 g/mol. The van der Waals surface area contributed by atoms with E-state index in [2.05, 4.69) is 5.32 Å². The second-order valence-electron chi connectivity index (χ2n) is 6.47. The average molecular weight is 399 g/mol. The molecule has 0 unspecified atom stereocenters. The lowest BCUT2D eigenvalue weighted by Gasteiger charge is -2.21. The fourth-order valence-electron chi connectivity index (χ4n) is 2.84. The van der Waals surface area contributed by atoms with E-state index in [1.165, 1.54) is 4.90 Å². The molecule has 0 fully saturated rings. The molecule has 0 aromatic heterocycles. The number of anilines is 1.